The van der Waals surface area contributed by atoms with Crippen molar-refractivity contribution in [3.63, 3.8) is 0 Å². The second-order valence-corrected chi connectivity index (χ2v) is 6.25. The number of hydrogen-bond donors (Lipinski definition) is 2. The third kappa shape index (κ3) is 3.39. The van der Waals surface area contributed by atoms with Crippen molar-refractivity contribution in [2.45, 2.75) is 32.1 Å². The van der Waals surface area contributed by atoms with E-state index in [9.17, 15) is 14.7 Å². The Balaban J connectivity index is 2.02. The highest BCUT2D eigenvalue weighted by Gasteiger charge is 2.39. The first-order chi connectivity index (χ1) is 9.53. The number of halogens is 1. The smallest absolute Gasteiger partial charge is 0.311 e. The lowest BCUT2D eigenvalue weighted by molar-refractivity contribution is -0.150. The standard InChI is InChI=1S/C15H18BrNO3/c16-12-6-4-5-11(9-12)13(18)17-10-15(14(19)20)7-2-1-3-8-15/h4-6,9H,1-3,7-8,10H2,(H,17,18)(H,19,20). The van der Waals surface area contributed by atoms with Crippen LogP contribution in [0.1, 0.15) is 42.5 Å². The molecule has 20 heavy (non-hydrogen) atoms. The molecule has 0 saturated heterocycles. The molecular weight excluding hydrogens is 322 g/mol. The molecule has 2 rings (SSSR count). The monoisotopic (exact) mass is 339 g/mol. The molecule has 0 bridgehead atoms. The maximum atomic E-state index is 12.1. The first-order valence-corrected chi connectivity index (χ1v) is 7.60. The van der Waals surface area contributed by atoms with E-state index < -0.39 is 11.4 Å². The van der Waals surface area contributed by atoms with Gasteiger partial charge in [-0.3, -0.25) is 9.59 Å². The largest absolute Gasteiger partial charge is 0.481 e. The van der Waals surface area contributed by atoms with Crippen molar-refractivity contribution in [1.82, 2.24) is 5.32 Å². The van der Waals surface area contributed by atoms with Crippen molar-refractivity contribution in [3.05, 3.63) is 34.3 Å². The second-order valence-electron chi connectivity index (χ2n) is 5.34. The van der Waals surface area contributed by atoms with E-state index in [0.717, 1.165) is 23.7 Å². The molecule has 4 nitrogen and oxygen atoms in total. The van der Waals surface area contributed by atoms with Crippen LogP contribution in [0.4, 0.5) is 0 Å². The van der Waals surface area contributed by atoms with Crippen molar-refractivity contribution in [2.24, 2.45) is 5.41 Å². The predicted octanol–water partition coefficient (Wildman–Crippen LogP) is 3.21. The van der Waals surface area contributed by atoms with E-state index in [2.05, 4.69) is 21.2 Å². The van der Waals surface area contributed by atoms with Crippen LogP contribution >= 0.6 is 15.9 Å². The zero-order valence-electron chi connectivity index (χ0n) is 11.2. The average Bonchev–Trinajstić information content (AvgIpc) is 2.45. The first kappa shape index (κ1) is 15.0. The summed E-state index contributed by atoms with van der Waals surface area (Å²) in [5.41, 5.74) is -0.254. The minimum absolute atomic E-state index is 0.202. The van der Waals surface area contributed by atoms with Gasteiger partial charge >= 0.3 is 5.97 Å². The maximum absolute atomic E-state index is 12.1. The van der Waals surface area contributed by atoms with Gasteiger partial charge in [-0.25, -0.2) is 0 Å². The normalized spacial score (nSPS) is 17.4. The Morgan fingerprint density at radius 3 is 2.55 bits per heavy atom. The summed E-state index contributed by atoms with van der Waals surface area (Å²) >= 11 is 3.32. The summed E-state index contributed by atoms with van der Waals surface area (Å²) < 4.78 is 0.829. The SMILES string of the molecule is O=C(NCC1(C(=O)O)CCCCC1)c1cccc(Br)c1. The summed E-state index contributed by atoms with van der Waals surface area (Å²) in [6, 6.07) is 7.07. The van der Waals surface area contributed by atoms with Crippen LogP contribution in [0.3, 0.4) is 0 Å². The van der Waals surface area contributed by atoms with Gasteiger partial charge in [-0.1, -0.05) is 41.3 Å². The zero-order chi connectivity index (χ0) is 14.6. The highest BCUT2D eigenvalue weighted by molar-refractivity contribution is 9.10. The lowest BCUT2D eigenvalue weighted by Crippen LogP contribution is -2.44. The molecule has 0 radical (unpaired) electrons. The summed E-state index contributed by atoms with van der Waals surface area (Å²) in [6.45, 7) is 0.202. The fraction of sp³-hybridized carbons (Fsp3) is 0.467. The second kappa shape index (κ2) is 6.39. The van der Waals surface area contributed by atoms with Gasteiger partial charge in [0.1, 0.15) is 0 Å². The molecule has 1 amide bonds. The quantitative estimate of drug-likeness (QED) is 0.884. The Bertz CT molecular complexity index is 510. The molecule has 0 atom stereocenters. The topological polar surface area (TPSA) is 66.4 Å². The maximum Gasteiger partial charge on any atom is 0.311 e. The van der Waals surface area contributed by atoms with Crippen LogP contribution < -0.4 is 5.32 Å². The summed E-state index contributed by atoms with van der Waals surface area (Å²) in [5, 5.41) is 12.2. The average molecular weight is 340 g/mol. The summed E-state index contributed by atoms with van der Waals surface area (Å²) in [4.78, 5) is 23.6. The van der Waals surface area contributed by atoms with Gasteiger partial charge in [-0.05, 0) is 31.0 Å². The summed E-state index contributed by atoms with van der Waals surface area (Å²) in [6.07, 6.45) is 4.19. The molecule has 5 heteroatoms. The third-order valence-electron chi connectivity index (χ3n) is 3.94. The molecule has 0 aliphatic heterocycles. The van der Waals surface area contributed by atoms with Gasteiger partial charge in [0.05, 0.1) is 5.41 Å². The molecule has 1 fully saturated rings. The van der Waals surface area contributed by atoms with Gasteiger partial charge in [0.15, 0.2) is 0 Å². The van der Waals surface area contributed by atoms with Crippen molar-refractivity contribution < 1.29 is 14.7 Å². The lowest BCUT2D eigenvalue weighted by atomic mass is 9.74. The lowest BCUT2D eigenvalue weighted by Gasteiger charge is -2.33. The van der Waals surface area contributed by atoms with E-state index in [0.29, 0.717) is 18.4 Å². The van der Waals surface area contributed by atoms with Crippen molar-refractivity contribution in [3.8, 4) is 0 Å². The molecule has 0 spiro atoms. The molecule has 0 unspecified atom stereocenters. The molecule has 1 saturated carbocycles. The molecular formula is C15H18BrNO3. The molecule has 1 aromatic carbocycles. The van der Waals surface area contributed by atoms with Gasteiger partial charge < -0.3 is 10.4 Å². The number of benzene rings is 1. The van der Waals surface area contributed by atoms with E-state index in [1.54, 1.807) is 18.2 Å². The van der Waals surface area contributed by atoms with E-state index in [1.807, 2.05) is 6.07 Å². The van der Waals surface area contributed by atoms with Crippen molar-refractivity contribution >= 4 is 27.8 Å². The molecule has 1 aliphatic carbocycles. The molecule has 108 valence electrons. The van der Waals surface area contributed by atoms with Crippen LogP contribution in [0, 0.1) is 5.41 Å². The number of aliphatic carboxylic acids is 1. The molecule has 2 N–H and O–H groups in total. The molecule has 1 aliphatic rings. The van der Waals surface area contributed by atoms with Crippen LogP contribution in [0.15, 0.2) is 28.7 Å². The van der Waals surface area contributed by atoms with Crippen LogP contribution in [-0.4, -0.2) is 23.5 Å². The number of nitrogens with one attached hydrogen (secondary N) is 1. The summed E-state index contributed by atoms with van der Waals surface area (Å²) in [7, 11) is 0. The highest BCUT2D eigenvalue weighted by atomic mass is 79.9. The molecule has 0 aromatic heterocycles. The van der Waals surface area contributed by atoms with E-state index >= 15 is 0 Å². The number of amides is 1. The van der Waals surface area contributed by atoms with Gasteiger partial charge in [-0.15, -0.1) is 0 Å². The number of carbonyl (C=O) groups is 2. The van der Waals surface area contributed by atoms with Gasteiger partial charge in [0.25, 0.3) is 5.91 Å². The minimum Gasteiger partial charge on any atom is -0.481 e. The number of carboxylic acid groups (broad SMARTS) is 1. The van der Waals surface area contributed by atoms with Crippen LogP contribution in [0.5, 0.6) is 0 Å². The molecule has 1 aromatic rings. The van der Waals surface area contributed by atoms with Crippen molar-refractivity contribution in [1.29, 1.82) is 0 Å². The van der Waals surface area contributed by atoms with Crippen LogP contribution in [0.25, 0.3) is 0 Å². The Morgan fingerprint density at radius 2 is 1.95 bits per heavy atom. The Kier molecular flexibility index (Phi) is 4.81. The Hall–Kier alpha value is -1.36. The number of carboxylic acids is 1. The zero-order valence-corrected chi connectivity index (χ0v) is 12.8. The van der Waals surface area contributed by atoms with Gasteiger partial charge in [0.2, 0.25) is 0 Å². The first-order valence-electron chi connectivity index (χ1n) is 6.81. The van der Waals surface area contributed by atoms with E-state index in [1.165, 1.54) is 0 Å². The number of carbonyl (C=O) groups excluding carboxylic acids is 1. The number of hydrogen-bond acceptors (Lipinski definition) is 2. The number of rotatable bonds is 4. The predicted molar refractivity (Wildman–Crippen MR) is 79.6 cm³/mol. The van der Waals surface area contributed by atoms with E-state index in [-0.39, 0.29) is 12.5 Å². The van der Waals surface area contributed by atoms with E-state index in [4.69, 9.17) is 0 Å². The van der Waals surface area contributed by atoms with Crippen LogP contribution in [0.2, 0.25) is 0 Å². The third-order valence-corrected chi connectivity index (χ3v) is 4.43. The highest BCUT2D eigenvalue weighted by Crippen LogP contribution is 2.36. The fourth-order valence-corrected chi connectivity index (χ4v) is 3.08. The molecule has 0 heterocycles. The summed E-state index contributed by atoms with van der Waals surface area (Å²) in [5.74, 6) is -1.02. The minimum atomic E-state index is -0.799. The fourth-order valence-electron chi connectivity index (χ4n) is 2.68. The Morgan fingerprint density at radius 1 is 1.25 bits per heavy atom. The van der Waals surface area contributed by atoms with Gasteiger partial charge in [-0.2, -0.15) is 0 Å². The van der Waals surface area contributed by atoms with Crippen molar-refractivity contribution in [2.75, 3.05) is 6.54 Å². The van der Waals surface area contributed by atoms with Crippen LogP contribution in [-0.2, 0) is 4.79 Å². The van der Waals surface area contributed by atoms with Gasteiger partial charge in [0, 0.05) is 16.6 Å². The Labute approximate surface area is 126 Å².